The maximum absolute atomic E-state index is 14.5. The average Bonchev–Trinajstić information content (AvgIpc) is 3.11. The molecule has 1 saturated carbocycles. The van der Waals surface area contributed by atoms with Gasteiger partial charge in [-0.1, -0.05) is 36.7 Å². The quantitative estimate of drug-likeness (QED) is 0.321. The fraction of sp³-hybridized carbons (Fsp3) is 0.579. The van der Waals surface area contributed by atoms with Crippen LogP contribution in [-0.2, 0) is 27.6 Å². The van der Waals surface area contributed by atoms with Gasteiger partial charge in [-0.05, 0) is 111 Å². The van der Waals surface area contributed by atoms with Crippen molar-refractivity contribution in [1.29, 1.82) is 0 Å². The molecule has 0 aromatic heterocycles. The zero-order valence-electron chi connectivity index (χ0n) is 29.4. The van der Waals surface area contributed by atoms with E-state index < -0.39 is 34.2 Å². The van der Waals surface area contributed by atoms with Crippen molar-refractivity contribution >= 4 is 39.1 Å². The molecule has 4 aliphatic rings. The maximum atomic E-state index is 14.5. The average molecular weight is 747 g/mol. The van der Waals surface area contributed by atoms with Crippen LogP contribution in [0.1, 0.15) is 73.4 Å². The monoisotopic (exact) mass is 746 g/mol. The van der Waals surface area contributed by atoms with Crippen molar-refractivity contribution < 1.29 is 32.1 Å². The summed E-state index contributed by atoms with van der Waals surface area (Å²) in [5.74, 6) is -0.481. The van der Waals surface area contributed by atoms with Gasteiger partial charge in [-0.2, -0.15) is 0 Å². The van der Waals surface area contributed by atoms with Gasteiger partial charge in [0.2, 0.25) is 6.43 Å². The number of halogens is 3. The Labute approximate surface area is 305 Å². The Kier molecular flexibility index (Phi) is 12.2. The number of carbonyl (C=O) groups is 2. The number of urea groups is 1. The van der Waals surface area contributed by atoms with Crippen LogP contribution >= 0.6 is 11.6 Å². The van der Waals surface area contributed by atoms with Crippen LogP contribution in [0.25, 0.3) is 0 Å². The number of fused-ring (bicyclic) bond motifs is 3. The van der Waals surface area contributed by atoms with Crippen LogP contribution in [-0.4, -0.2) is 72.7 Å². The van der Waals surface area contributed by atoms with Crippen molar-refractivity contribution in [1.82, 2.24) is 9.62 Å². The van der Waals surface area contributed by atoms with E-state index in [2.05, 4.69) is 26.1 Å². The van der Waals surface area contributed by atoms with Gasteiger partial charge in [0.15, 0.2) is 0 Å². The summed E-state index contributed by atoms with van der Waals surface area (Å²) in [6.45, 7) is 3.90. The Balaban J connectivity index is 1.39. The molecular weight excluding hydrogens is 698 g/mol. The topological polar surface area (TPSA) is 101 Å². The maximum Gasteiger partial charge on any atom is 0.329 e. The van der Waals surface area contributed by atoms with E-state index in [0.717, 1.165) is 43.4 Å². The lowest BCUT2D eigenvalue weighted by Crippen LogP contribution is -2.48. The van der Waals surface area contributed by atoms with E-state index in [1.165, 1.54) is 10.5 Å². The minimum absolute atomic E-state index is 0.0639. The summed E-state index contributed by atoms with van der Waals surface area (Å²) in [4.78, 5) is 31.0. The third kappa shape index (κ3) is 9.24. The fourth-order valence-electron chi connectivity index (χ4n) is 7.73. The number of carbonyl (C=O) groups excluding carboxylic acids is 2. The Morgan fingerprint density at radius 2 is 1.90 bits per heavy atom. The molecule has 1 saturated heterocycles. The van der Waals surface area contributed by atoms with Gasteiger partial charge in [-0.3, -0.25) is 9.52 Å². The molecule has 3 heterocycles. The summed E-state index contributed by atoms with van der Waals surface area (Å²) >= 11 is 6.45. The number of amides is 3. The Bertz CT molecular complexity index is 1730. The number of likely N-dealkylation sites (tertiary alicyclic amines) is 1. The van der Waals surface area contributed by atoms with Gasteiger partial charge in [0.05, 0.1) is 24.2 Å². The minimum atomic E-state index is -3.61. The van der Waals surface area contributed by atoms with E-state index in [1.54, 1.807) is 25.3 Å². The molecule has 1 aliphatic carbocycles. The highest BCUT2D eigenvalue weighted by atomic mass is 35.5. The molecule has 5 atom stereocenters. The highest BCUT2D eigenvalue weighted by Crippen LogP contribution is 2.42. The van der Waals surface area contributed by atoms with Gasteiger partial charge < -0.3 is 19.3 Å². The van der Waals surface area contributed by atoms with E-state index in [0.29, 0.717) is 48.7 Å². The Morgan fingerprint density at radius 3 is 2.63 bits per heavy atom. The van der Waals surface area contributed by atoms with Gasteiger partial charge in [0.25, 0.3) is 5.91 Å². The number of benzene rings is 2. The summed E-state index contributed by atoms with van der Waals surface area (Å²) in [6.07, 6.45) is 7.11. The largest absolute Gasteiger partial charge is 0.491 e. The summed E-state index contributed by atoms with van der Waals surface area (Å²) in [5.41, 5.74) is 3.31. The number of hydrogen-bond donors (Lipinski definition) is 1. The fourth-order valence-corrected chi connectivity index (χ4v) is 9.81. The second-order valence-electron chi connectivity index (χ2n) is 14.5. The Hall–Kier alpha value is -3.22. The van der Waals surface area contributed by atoms with Gasteiger partial charge in [0.1, 0.15) is 15.7 Å². The van der Waals surface area contributed by atoms with Gasteiger partial charge in [-0.25, -0.2) is 17.8 Å². The molecule has 0 radical (unpaired) electrons. The van der Waals surface area contributed by atoms with Crippen LogP contribution in [0, 0.1) is 23.7 Å². The number of hydrogen-bond acceptors (Lipinski definition) is 6. The molecule has 3 amide bonds. The summed E-state index contributed by atoms with van der Waals surface area (Å²) < 4.78 is 60.2. The molecule has 6 rings (SSSR count). The lowest BCUT2D eigenvalue weighted by Gasteiger charge is -2.43. The third-order valence-electron chi connectivity index (χ3n) is 10.8. The second-order valence-corrected chi connectivity index (χ2v) is 17.0. The number of nitrogens with zero attached hydrogens (tertiary/aromatic N) is 3. The zero-order valence-corrected chi connectivity index (χ0v) is 31.0. The van der Waals surface area contributed by atoms with Crippen LogP contribution in [0.4, 0.5) is 19.3 Å². The van der Waals surface area contributed by atoms with Crippen molar-refractivity contribution in [3.63, 3.8) is 0 Å². The highest BCUT2D eigenvalue weighted by Gasteiger charge is 2.38. The number of aryl methyl sites for hydroxylation is 1. The number of alkyl halides is 2. The van der Waals surface area contributed by atoms with Crippen LogP contribution in [0.15, 0.2) is 52.9 Å². The van der Waals surface area contributed by atoms with E-state index >= 15 is 0 Å². The summed E-state index contributed by atoms with van der Waals surface area (Å²) in [6, 6.07) is 10.5. The normalized spacial score (nSPS) is 28.6. The number of piperidine rings is 1. The predicted octanol–water partition coefficient (Wildman–Crippen LogP) is 7.91. The van der Waals surface area contributed by atoms with Gasteiger partial charge in [0, 0.05) is 49.8 Å². The van der Waals surface area contributed by atoms with Crippen LogP contribution in [0.3, 0.4) is 0 Å². The van der Waals surface area contributed by atoms with Crippen molar-refractivity contribution in [3.05, 3.63) is 70.3 Å². The lowest BCUT2D eigenvalue weighted by atomic mass is 9.70. The second kappa shape index (κ2) is 16.6. The number of ether oxygens (including phenoxy) is 2. The standard InChI is InChI=1S/C38H49ClF2N4O5S/c1-25-6-5-8-34(49-2)32-13-10-30(32)23-45-22-29-9-12-31(39)20-27(29)7-3-4-19-50-35-14-11-28(21-33(35)45)37(46)42-51(48,24-25)43-38(47)44-17-15-26(16-18-44)36(40)41/h5,8-9,11-12,14,20-21,25-26,30,32,34,36H,3-4,6-7,10,13,15-19,22-24H2,1-2H3,(H,42,43,46,47,48)/b8-5+/t25-,30-,32+,34-,51?/m0/s1. The van der Waals surface area contributed by atoms with Gasteiger partial charge in [-0.15, -0.1) is 4.36 Å². The zero-order chi connectivity index (χ0) is 36.1. The van der Waals surface area contributed by atoms with Crippen LogP contribution in [0.2, 0.25) is 5.02 Å². The van der Waals surface area contributed by atoms with E-state index in [1.807, 2.05) is 25.1 Å². The van der Waals surface area contributed by atoms with Crippen LogP contribution < -0.4 is 14.4 Å². The summed E-state index contributed by atoms with van der Waals surface area (Å²) in [5, 5.41) is 0.694. The molecule has 9 nitrogen and oxygen atoms in total. The molecule has 13 heteroatoms. The van der Waals surface area contributed by atoms with Crippen molar-refractivity contribution in [2.75, 3.05) is 44.0 Å². The summed E-state index contributed by atoms with van der Waals surface area (Å²) in [7, 11) is -1.89. The minimum Gasteiger partial charge on any atom is -0.491 e. The first-order chi connectivity index (χ1) is 24.5. The number of rotatable bonds is 3. The van der Waals surface area contributed by atoms with Crippen molar-refractivity contribution in [3.8, 4) is 5.75 Å². The van der Waals surface area contributed by atoms with Crippen molar-refractivity contribution in [2.24, 2.45) is 28.0 Å². The van der Waals surface area contributed by atoms with Crippen LogP contribution in [0.5, 0.6) is 5.75 Å². The molecule has 1 unspecified atom stereocenters. The lowest BCUT2D eigenvalue weighted by molar-refractivity contribution is 0.0133. The number of methoxy groups -OCH3 is 1. The van der Waals surface area contributed by atoms with Crippen molar-refractivity contribution in [2.45, 2.75) is 77.4 Å². The smallest absolute Gasteiger partial charge is 0.329 e. The third-order valence-corrected chi connectivity index (χ3v) is 13.0. The number of allylic oxidation sites excluding steroid dienone is 1. The molecule has 2 bridgehead atoms. The predicted molar refractivity (Wildman–Crippen MR) is 196 cm³/mol. The SMILES string of the molecule is CO[C@H]1/C=C/C[C@H](C)CS(=O)(NC(=O)N2CCC(C(F)F)CC2)=NC(=O)c2ccc3c(c2)N(Cc2ccc(Cl)cc2CCCCO3)C[C@@H]2CC[C@H]21. The molecule has 2 aromatic carbocycles. The number of nitrogens with one attached hydrogen (secondary N) is 1. The number of anilines is 1. The van der Waals surface area contributed by atoms with E-state index in [9.17, 15) is 22.6 Å². The molecule has 1 N–H and O–H groups in total. The molecular formula is C38H49ClF2N4O5S. The first-order valence-electron chi connectivity index (χ1n) is 18.1. The van der Waals surface area contributed by atoms with E-state index in [-0.39, 0.29) is 49.3 Å². The molecule has 2 fully saturated rings. The molecule has 0 spiro atoms. The molecule has 2 aromatic rings. The first kappa shape index (κ1) is 37.5. The highest BCUT2D eigenvalue weighted by molar-refractivity contribution is 7.92. The molecule has 3 aliphatic heterocycles. The van der Waals surface area contributed by atoms with Gasteiger partial charge >= 0.3 is 6.03 Å². The Morgan fingerprint density at radius 1 is 1.10 bits per heavy atom. The molecule has 51 heavy (non-hydrogen) atoms. The van der Waals surface area contributed by atoms with E-state index in [4.69, 9.17) is 21.1 Å². The first-order valence-corrected chi connectivity index (χ1v) is 20.2. The molecule has 278 valence electrons.